The number of aryl methyl sites for hydroxylation is 2. The monoisotopic (exact) mass is 317 g/mol. The van der Waals surface area contributed by atoms with Crippen molar-refractivity contribution in [3.63, 3.8) is 0 Å². The zero-order valence-electron chi connectivity index (χ0n) is 12.5. The Hall–Kier alpha value is -1.39. The fourth-order valence-corrected chi connectivity index (χ4v) is 3.29. The summed E-state index contributed by atoms with van der Waals surface area (Å²) in [6, 6.07) is 14.2. The molecule has 0 spiro atoms. The largest absolute Gasteiger partial charge is 0.325 e. The maximum absolute atomic E-state index is 12.0. The van der Waals surface area contributed by atoms with Gasteiger partial charge in [0.2, 0.25) is 5.91 Å². The molecule has 2 nitrogen and oxygen atoms in total. The van der Waals surface area contributed by atoms with Crippen LogP contribution in [0.2, 0.25) is 0 Å². The van der Waals surface area contributed by atoms with Gasteiger partial charge in [-0.15, -0.1) is 23.5 Å². The van der Waals surface area contributed by atoms with E-state index in [1.165, 1.54) is 16.0 Å². The van der Waals surface area contributed by atoms with Crippen molar-refractivity contribution in [2.75, 3.05) is 17.3 Å². The first kappa shape index (κ1) is 16.0. The summed E-state index contributed by atoms with van der Waals surface area (Å²) in [6.07, 6.45) is 2.03. The van der Waals surface area contributed by atoms with Crippen LogP contribution in [0, 0.1) is 13.8 Å². The highest BCUT2D eigenvalue weighted by Crippen LogP contribution is 2.24. The summed E-state index contributed by atoms with van der Waals surface area (Å²) in [5.41, 5.74) is 3.28. The van der Waals surface area contributed by atoms with Gasteiger partial charge in [-0.1, -0.05) is 23.8 Å². The third kappa shape index (κ3) is 4.83. The summed E-state index contributed by atoms with van der Waals surface area (Å²) < 4.78 is 0. The van der Waals surface area contributed by atoms with E-state index in [0.29, 0.717) is 5.75 Å². The standard InChI is InChI=1S/C17H19NOS2/c1-12-7-8-13(2)16(9-12)21-11-17(19)18-14-5-4-6-15(10-14)20-3/h4-10H,11H2,1-3H3,(H,18,19). The molecule has 0 aromatic heterocycles. The van der Waals surface area contributed by atoms with Crippen LogP contribution in [0.1, 0.15) is 11.1 Å². The van der Waals surface area contributed by atoms with E-state index in [4.69, 9.17) is 0 Å². The molecule has 0 radical (unpaired) electrons. The summed E-state index contributed by atoms with van der Waals surface area (Å²) in [5.74, 6) is 0.451. The second kappa shape index (κ2) is 7.57. The lowest BCUT2D eigenvalue weighted by atomic mass is 10.2. The van der Waals surface area contributed by atoms with Crippen molar-refractivity contribution in [2.24, 2.45) is 0 Å². The Morgan fingerprint density at radius 2 is 1.95 bits per heavy atom. The summed E-state index contributed by atoms with van der Waals surface area (Å²) >= 11 is 3.25. The van der Waals surface area contributed by atoms with Crippen molar-refractivity contribution in [1.29, 1.82) is 0 Å². The number of carbonyl (C=O) groups excluding carboxylic acids is 1. The number of nitrogens with one attached hydrogen (secondary N) is 1. The van der Waals surface area contributed by atoms with Crippen molar-refractivity contribution >= 4 is 35.1 Å². The molecule has 0 aliphatic rings. The number of anilines is 1. The van der Waals surface area contributed by atoms with Crippen LogP contribution in [0.4, 0.5) is 5.69 Å². The Balaban J connectivity index is 1.94. The van der Waals surface area contributed by atoms with Gasteiger partial charge in [0.05, 0.1) is 5.75 Å². The predicted octanol–water partition coefficient (Wildman–Crippen LogP) is 4.76. The van der Waals surface area contributed by atoms with Gasteiger partial charge < -0.3 is 5.32 Å². The second-order valence-corrected chi connectivity index (χ2v) is 6.73. The molecule has 0 saturated heterocycles. The molecule has 0 fully saturated rings. The Morgan fingerprint density at radius 3 is 2.71 bits per heavy atom. The van der Waals surface area contributed by atoms with Crippen LogP contribution in [0.3, 0.4) is 0 Å². The molecule has 1 amide bonds. The van der Waals surface area contributed by atoms with Crippen LogP contribution < -0.4 is 5.32 Å². The highest BCUT2D eigenvalue weighted by Gasteiger charge is 2.06. The van der Waals surface area contributed by atoms with E-state index in [-0.39, 0.29) is 5.91 Å². The minimum atomic E-state index is 0.0270. The van der Waals surface area contributed by atoms with E-state index in [1.54, 1.807) is 23.5 Å². The molecular weight excluding hydrogens is 298 g/mol. The van der Waals surface area contributed by atoms with Gasteiger partial charge in [0.15, 0.2) is 0 Å². The zero-order valence-corrected chi connectivity index (χ0v) is 14.1. The number of hydrogen-bond donors (Lipinski definition) is 1. The molecule has 0 heterocycles. The molecule has 21 heavy (non-hydrogen) atoms. The molecule has 0 aliphatic carbocycles. The number of rotatable bonds is 5. The van der Waals surface area contributed by atoms with E-state index in [2.05, 4.69) is 37.4 Å². The van der Waals surface area contributed by atoms with Crippen LogP contribution in [-0.4, -0.2) is 17.9 Å². The third-order valence-corrected chi connectivity index (χ3v) is 4.94. The van der Waals surface area contributed by atoms with E-state index in [1.807, 2.05) is 30.5 Å². The third-order valence-electron chi connectivity index (χ3n) is 3.06. The number of amides is 1. The van der Waals surface area contributed by atoms with E-state index >= 15 is 0 Å². The van der Waals surface area contributed by atoms with Gasteiger partial charge in [-0.2, -0.15) is 0 Å². The Labute approximate surface area is 134 Å². The zero-order chi connectivity index (χ0) is 15.2. The minimum Gasteiger partial charge on any atom is -0.325 e. The van der Waals surface area contributed by atoms with Crippen molar-refractivity contribution in [3.05, 3.63) is 53.6 Å². The molecule has 0 aliphatic heterocycles. The van der Waals surface area contributed by atoms with E-state index in [9.17, 15) is 4.79 Å². The molecule has 2 aromatic carbocycles. The number of thioether (sulfide) groups is 2. The lowest BCUT2D eigenvalue weighted by Crippen LogP contribution is -2.14. The SMILES string of the molecule is CSc1cccc(NC(=O)CSc2cc(C)ccc2C)c1. The van der Waals surface area contributed by atoms with E-state index in [0.717, 1.165) is 10.6 Å². The summed E-state index contributed by atoms with van der Waals surface area (Å²) in [5, 5.41) is 2.95. The molecule has 0 atom stereocenters. The molecule has 2 aromatic rings. The van der Waals surface area contributed by atoms with Gasteiger partial charge >= 0.3 is 0 Å². The van der Waals surface area contributed by atoms with Crippen molar-refractivity contribution in [2.45, 2.75) is 23.6 Å². The Bertz CT molecular complexity index is 640. The lowest BCUT2D eigenvalue weighted by Gasteiger charge is -2.08. The molecule has 2 rings (SSSR count). The van der Waals surface area contributed by atoms with Gasteiger partial charge in [0.25, 0.3) is 0 Å². The maximum atomic E-state index is 12.0. The normalized spacial score (nSPS) is 10.4. The highest BCUT2D eigenvalue weighted by molar-refractivity contribution is 8.00. The van der Waals surface area contributed by atoms with Gasteiger partial charge in [0.1, 0.15) is 0 Å². The van der Waals surface area contributed by atoms with Crippen molar-refractivity contribution in [3.8, 4) is 0 Å². The van der Waals surface area contributed by atoms with Gasteiger partial charge in [-0.25, -0.2) is 0 Å². The van der Waals surface area contributed by atoms with Gasteiger partial charge in [0, 0.05) is 15.5 Å². The predicted molar refractivity (Wildman–Crippen MR) is 93.5 cm³/mol. The molecule has 0 unspecified atom stereocenters. The average Bonchev–Trinajstić information content (AvgIpc) is 2.48. The van der Waals surface area contributed by atoms with Crippen LogP contribution in [-0.2, 0) is 4.79 Å². The first-order valence-corrected chi connectivity index (χ1v) is 8.93. The summed E-state index contributed by atoms with van der Waals surface area (Å²) in [4.78, 5) is 14.4. The molecule has 1 N–H and O–H groups in total. The van der Waals surface area contributed by atoms with Crippen LogP contribution in [0.15, 0.2) is 52.3 Å². The van der Waals surface area contributed by atoms with Crippen LogP contribution in [0.5, 0.6) is 0 Å². The van der Waals surface area contributed by atoms with Crippen molar-refractivity contribution < 1.29 is 4.79 Å². The highest BCUT2D eigenvalue weighted by atomic mass is 32.2. The van der Waals surface area contributed by atoms with Crippen LogP contribution in [0.25, 0.3) is 0 Å². The molecule has 0 saturated carbocycles. The Kier molecular flexibility index (Phi) is 5.76. The topological polar surface area (TPSA) is 29.1 Å². The fraction of sp³-hybridized carbons (Fsp3) is 0.235. The van der Waals surface area contributed by atoms with Gasteiger partial charge in [-0.05, 0) is 49.9 Å². The average molecular weight is 317 g/mol. The van der Waals surface area contributed by atoms with Crippen LogP contribution >= 0.6 is 23.5 Å². The number of hydrogen-bond acceptors (Lipinski definition) is 3. The maximum Gasteiger partial charge on any atom is 0.234 e. The second-order valence-electron chi connectivity index (χ2n) is 4.84. The smallest absolute Gasteiger partial charge is 0.234 e. The quantitative estimate of drug-likeness (QED) is 0.806. The molecule has 4 heteroatoms. The first-order chi connectivity index (χ1) is 10.1. The molecular formula is C17H19NOS2. The van der Waals surface area contributed by atoms with E-state index < -0.39 is 0 Å². The van der Waals surface area contributed by atoms with Gasteiger partial charge in [-0.3, -0.25) is 4.79 Å². The Morgan fingerprint density at radius 1 is 1.14 bits per heavy atom. The fourth-order valence-electron chi connectivity index (χ4n) is 1.90. The summed E-state index contributed by atoms with van der Waals surface area (Å²) in [6.45, 7) is 4.14. The summed E-state index contributed by atoms with van der Waals surface area (Å²) in [7, 11) is 0. The number of benzene rings is 2. The number of carbonyl (C=O) groups is 1. The molecule has 0 bridgehead atoms. The minimum absolute atomic E-state index is 0.0270. The first-order valence-electron chi connectivity index (χ1n) is 6.72. The molecule has 110 valence electrons. The van der Waals surface area contributed by atoms with Crippen molar-refractivity contribution in [1.82, 2.24) is 0 Å². The lowest BCUT2D eigenvalue weighted by molar-refractivity contribution is -0.113.